The molecule has 9 heteroatoms. The second kappa shape index (κ2) is 11.3. The maximum atomic E-state index is 13.1. The highest BCUT2D eigenvalue weighted by atomic mass is 35.5. The lowest BCUT2D eigenvalue weighted by molar-refractivity contribution is -0.150. The largest absolute Gasteiger partial charge is 0.491 e. The number of ether oxygens (including phenoxy) is 2. The van der Waals surface area contributed by atoms with Gasteiger partial charge in [-0.15, -0.1) is 11.8 Å². The maximum absolute atomic E-state index is 13.1. The molecule has 1 aliphatic rings. The number of benzene rings is 3. The van der Waals surface area contributed by atoms with Gasteiger partial charge in [-0.2, -0.15) is 5.26 Å². The van der Waals surface area contributed by atoms with Crippen LogP contribution in [-0.2, 0) is 20.1 Å². The normalized spacial score (nSPS) is 17.5. The molecule has 6 nitrogen and oxygen atoms in total. The third-order valence-electron chi connectivity index (χ3n) is 5.85. The number of thioether (sulfide) groups is 1. The van der Waals surface area contributed by atoms with E-state index in [1.54, 1.807) is 19.1 Å². The first-order valence-corrected chi connectivity index (χ1v) is 12.9. The number of nitriles is 1. The van der Waals surface area contributed by atoms with Crippen LogP contribution in [0.25, 0.3) is 10.8 Å². The number of amides is 1. The van der Waals surface area contributed by atoms with Crippen LogP contribution in [0.15, 0.2) is 65.2 Å². The zero-order valence-electron chi connectivity index (χ0n) is 19.5. The quantitative estimate of drug-likeness (QED) is 0.282. The summed E-state index contributed by atoms with van der Waals surface area (Å²) >= 11 is 14.1. The smallest absolute Gasteiger partial charge is 0.319 e. The van der Waals surface area contributed by atoms with Crippen LogP contribution in [0.1, 0.15) is 24.0 Å². The Bertz CT molecular complexity index is 1390. The number of nitrogens with zero attached hydrogens (tertiary/aromatic N) is 1. The Labute approximate surface area is 223 Å². The van der Waals surface area contributed by atoms with E-state index >= 15 is 0 Å². The molecule has 3 aromatic rings. The molecule has 0 aromatic heterocycles. The first kappa shape index (κ1) is 25.9. The summed E-state index contributed by atoms with van der Waals surface area (Å²) < 4.78 is 10.4. The van der Waals surface area contributed by atoms with Crippen molar-refractivity contribution in [3.63, 3.8) is 0 Å². The molecule has 1 aliphatic heterocycles. The van der Waals surface area contributed by atoms with E-state index < -0.39 is 23.7 Å². The van der Waals surface area contributed by atoms with Crippen molar-refractivity contribution in [3.05, 3.63) is 86.4 Å². The molecule has 0 unspecified atom stereocenters. The van der Waals surface area contributed by atoms with E-state index in [1.807, 2.05) is 36.4 Å². The van der Waals surface area contributed by atoms with E-state index in [2.05, 4.69) is 17.5 Å². The Balaban J connectivity index is 1.75. The van der Waals surface area contributed by atoms with E-state index in [4.69, 9.17) is 32.7 Å². The second-order valence-electron chi connectivity index (χ2n) is 8.04. The number of esters is 1. The summed E-state index contributed by atoms with van der Waals surface area (Å²) in [6.45, 7) is 2.16. The van der Waals surface area contributed by atoms with E-state index in [-0.39, 0.29) is 15.6 Å². The summed E-state index contributed by atoms with van der Waals surface area (Å²) in [6, 6.07) is 19.5. The van der Waals surface area contributed by atoms with E-state index in [0.717, 1.165) is 16.3 Å². The Hall–Kier alpha value is -3.18. The monoisotopic (exact) mass is 540 g/mol. The van der Waals surface area contributed by atoms with Crippen molar-refractivity contribution in [2.45, 2.75) is 18.6 Å². The Morgan fingerprint density at radius 1 is 1.11 bits per heavy atom. The van der Waals surface area contributed by atoms with Gasteiger partial charge in [-0.1, -0.05) is 65.7 Å². The lowest BCUT2D eigenvalue weighted by Gasteiger charge is -2.31. The second-order valence-corrected chi connectivity index (χ2v) is 9.84. The molecular formula is C27H22Cl2N2O4S. The van der Waals surface area contributed by atoms with E-state index in [1.165, 1.54) is 18.9 Å². The highest BCUT2D eigenvalue weighted by molar-refractivity contribution is 8.02. The number of nitrogens with one attached hydrogen (secondary N) is 1. The lowest BCUT2D eigenvalue weighted by Crippen LogP contribution is -2.44. The molecule has 0 aliphatic carbocycles. The third-order valence-corrected chi connectivity index (χ3v) is 7.50. The summed E-state index contributed by atoms with van der Waals surface area (Å²) in [5, 5.41) is 15.9. The third kappa shape index (κ3) is 5.17. The summed E-state index contributed by atoms with van der Waals surface area (Å²) in [7, 11) is 1.20. The fraction of sp³-hybridized carbons (Fsp3) is 0.222. The van der Waals surface area contributed by atoms with Crippen LogP contribution in [0.5, 0.6) is 5.75 Å². The van der Waals surface area contributed by atoms with Gasteiger partial charge in [0.25, 0.3) is 0 Å². The van der Waals surface area contributed by atoms with Crippen LogP contribution in [-0.4, -0.2) is 25.6 Å². The zero-order valence-corrected chi connectivity index (χ0v) is 21.8. The predicted octanol–water partition coefficient (Wildman–Crippen LogP) is 6.22. The van der Waals surface area contributed by atoms with Crippen molar-refractivity contribution in [1.29, 1.82) is 5.26 Å². The summed E-state index contributed by atoms with van der Waals surface area (Å²) in [6.07, 6.45) is 0. The lowest BCUT2D eigenvalue weighted by atomic mass is 9.78. The fourth-order valence-electron chi connectivity index (χ4n) is 4.20. The fourth-order valence-corrected chi connectivity index (χ4v) is 5.81. The number of carbonyl (C=O) groups excluding carboxylic acids is 2. The van der Waals surface area contributed by atoms with Gasteiger partial charge in [-0.25, -0.2) is 0 Å². The van der Waals surface area contributed by atoms with Crippen molar-refractivity contribution in [2.24, 2.45) is 5.92 Å². The summed E-state index contributed by atoms with van der Waals surface area (Å²) in [4.78, 5) is 25.8. The van der Waals surface area contributed by atoms with Crippen molar-refractivity contribution in [2.75, 3.05) is 13.7 Å². The van der Waals surface area contributed by atoms with Gasteiger partial charge in [0.1, 0.15) is 5.92 Å². The summed E-state index contributed by atoms with van der Waals surface area (Å²) in [5.74, 6) is -2.72. The molecule has 2 atom stereocenters. The molecule has 0 saturated carbocycles. The average molecular weight is 541 g/mol. The molecule has 0 radical (unpaired) electrons. The van der Waals surface area contributed by atoms with Gasteiger partial charge in [0.15, 0.2) is 5.75 Å². The van der Waals surface area contributed by atoms with Gasteiger partial charge in [0.2, 0.25) is 5.91 Å². The van der Waals surface area contributed by atoms with E-state index in [9.17, 15) is 14.9 Å². The van der Waals surface area contributed by atoms with Crippen LogP contribution in [0.2, 0.25) is 10.0 Å². The van der Waals surface area contributed by atoms with Gasteiger partial charge in [0, 0.05) is 11.7 Å². The Morgan fingerprint density at radius 3 is 2.44 bits per heavy atom. The number of hydrogen-bond acceptors (Lipinski definition) is 6. The first-order chi connectivity index (χ1) is 17.4. The van der Waals surface area contributed by atoms with Crippen molar-refractivity contribution < 1.29 is 19.1 Å². The topological polar surface area (TPSA) is 88.4 Å². The molecule has 184 valence electrons. The number of halogens is 2. The number of carbonyl (C=O) groups is 2. The van der Waals surface area contributed by atoms with Gasteiger partial charge in [-0.05, 0) is 41.0 Å². The molecule has 1 heterocycles. The van der Waals surface area contributed by atoms with Crippen LogP contribution in [0, 0.1) is 17.2 Å². The Morgan fingerprint density at radius 2 is 1.81 bits per heavy atom. The standard InChI is InChI=1S/C27H22Cl2N2O4S/c1-3-35-24-20(28)11-18(12-21(24)29)22-19(13-30)26(31-25(32)23(22)27(33)34-2)36-14-15-8-9-16-6-4-5-7-17(16)10-15/h4-12,22-23H,3,14H2,1-2H3,(H,31,32)/t22-,23-/m1/s1. The number of allylic oxidation sites excluding steroid dienone is 1. The number of hydrogen-bond donors (Lipinski definition) is 1. The number of fused-ring (bicyclic) bond motifs is 1. The van der Waals surface area contributed by atoms with Gasteiger partial charge in [-0.3, -0.25) is 9.59 Å². The molecule has 36 heavy (non-hydrogen) atoms. The molecule has 0 spiro atoms. The van der Waals surface area contributed by atoms with Gasteiger partial charge >= 0.3 is 5.97 Å². The highest BCUT2D eigenvalue weighted by Gasteiger charge is 2.44. The van der Waals surface area contributed by atoms with Gasteiger partial charge < -0.3 is 14.8 Å². The highest BCUT2D eigenvalue weighted by Crippen LogP contribution is 2.44. The average Bonchev–Trinajstić information content (AvgIpc) is 2.88. The molecule has 1 amide bonds. The SMILES string of the molecule is CCOc1c(Cl)cc([C@@H]2C(C#N)=C(SCc3ccc4ccccc4c3)NC(=O)[C@@H]2C(=O)OC)cc1Cl. The molecule has 3 aromatic carbocycles. The minimum atomic E-state index is -1.28. The summed E-state index contributed by atoms with van der Waals surface area (Å²) in [5.41, 5.74) is 1.70. The van der Waals surface area contributed by atoms with Crippen molar-refractivity contribution in [1.82, 2.24) is 5.32 Å². The van der Waals surface area contributed by atoms with Gasteiger partial charge in [0.05, 0.1) is 40.4 Å². The zero-order chi connectivity index (χ0) is 25.8. The van der Waals surface area contributed by atoms with Crippen LogP contribution < -0.4 is 10.1 Å². The minimum Gasteiger partial charge on any atom is -0.491 e. The molecule has 1 N–H and O–H groups in total. The molecule has 0 saturated heterocycles. The molecule has 0 bridgehead atoms. The minimum absolute atomic E-state index is 0.219. The first-order valence-electron chi connectivity index (χ1n) is 11.1. The predicted molar refractivity (Wildman–Crippen MR) is 142 cm³/mol. The maximum Gasteiger partial charge on any atom is 0.319 e. The van der Waals surface area contributed by atoms with Crippen LogP contribution >= 0.6 is 35.0 Å². The number of rotatable bonds is 7. The number of methoxy groups -OCH3 is 1. The van der Waals surface area contributed by atoms with Crippen LogP contribution in [0.4, 0.5) is 0 Å². The van der Waals surface area contributed by atoms with Crippen LogP contribution in [0.3, 0.4) is 0 Å². The molecule has 0 fully saturated rings. The molecule has 4 rings (SSSR count). The molecular weight excluding hydrogens is 519 g/mol. The van der Waals surface area contributed by atoms with Crippen molar-refractivity contribution in [3.8, 4) is 11.8 Å². The Kier molecular flexibility index (Phi) is 8.10. The van der Waals surface area contributed by atoms with E-state index in [0.29, 0.717) is 28.7 Å². The van der Waals surface area contributed by atoms with Crippen molar-refractivity contribution >= 4 is 57.6 Å².